The van der Waals surface area contributed by atoms with Crippen LogP contribution in [0.25, 0.3) is 0 Å². The van der Waals surface area contributed by atoms with Crippen LogP contribution in [0.1, 0.15) is 39.4 Å². The topological polar surface area (TPSA) is 84.2 Å². The number of hydrogen-bond donors (Lipinski definition) is 1. The Morgan fingerprint density at radius 1 is 1.50 bits per heavy atom. The first-order valence-electron chi connectivity index (χ1n) is 10.1. The normalized spacial score (nSPS) is 18.4. The number of amides is 1. The van der Waals surface area contributed by atoms with E-state index in [1.807, 2.05) is 40.2 Å². The van der Waals surface area contributed by atoms with Crippen molar-refractivity contribution in [2.45, 2.75) is 39.4 Å². The third-order valence-corrected chi connectivity index (χ3v) is 4.57. The van der Waals surface area contributed by atoms with Crippen LogP contribution in [0.2, 0.25) is 0 Å². The Kier molecular flexibility index (Phi) is 10.4. The van der Waals surface area contributed by atoms with Gasteiger partial charge in [0.1, 0.15) is 11.7 Å². The fraction of sp³-hybridized carbons (Fsp3) is 0.750. The van der Waals surface area contributed by atoms with Crippen molar-refractivity contribution in [3.05, 3.63) is 18.0 Å². The van der Waals surface area contributed by atoms with E-state index in [0.717, 1.165) is 24.6 Å². The molecule has 1 aliphatic rings. The number of halogens is 1. The summed E-state index contributed by atoms with van der Waals surface area (Å²) in [7, 11) is 5.45. The summed E-state index contributed by atoms with van der Waals surface area (Å²) in [5, 5.41) is 7.66. The van der Waals surface area contributed by atoms with Crippen LogP contribution in [0.3, 0.4) is 0 Å². The number of ether oxygens (including phenoxy) is 2. The fourth-order valence-electron chi connectivity index (χ4n) is 3.19. The van der Waals surface area contributed by atoms with Crippen LogP contribution in [-0.2, 0) is 16.5 Å². The number of aliphatic imine (C=N–C) groups is 1. The minimum atomic E-state index is -0.490. The molecule has 2 unspecified atom stereocenters. The van der Waals surface area contributed by atoms with Crippen LogP contribution in [0.4, 0.5) is 4.79 Å². The van der Waals surface area contributed by atoms with Crippen LogP contribution in [0.15, 0.2) is 17.4 Å². The highest BCUT2D eigenvalue weighted by Crippen LogP contribution is 2.21. The van der Waals surface area contributed by atoms with E-state index in [1.165, 1.54) is 0 Å². The first-order chi connectivity index (χ1) is 13.6. The van der Waals surface area contributed by atoms with Gasteiger partial charge in [0.2, 0.25) is 0 Å². The number of carbonyl (C=O) groups excluding carboxylic acids is 1. The number of nitrogens with zero attached hydrogens (tertiary/aromatic N) is 5. The Labute approximate surface area is 197 Å². The molecule has 30 heavy (non-hydrogen) atoms. The molecule has 9 nitrogen and oxygen atoms in total. The van der Waals surface area contributed by atoms with Crippen molar-refractivity contribution in [3.8, 4) is 0 Å². The van der Waals surface area contributed by atoms with E-state index < -0.39 is 5.60 Å². The first-order valence-corrected chi connectivity index (χ1v) is 10.1. The molecule has 1 aromatic rings. The molecule has 1 aromatic heterocycles. The molecule has 1 fully saturated rings. The highest BCUT2D eigenvalue weighted by molar-refractivity contribution is 14.0. The van der Waals surface area contributed by atoms with Gasteiger partial charge in [-0.2, -0.15) is 5.10 Å². The third-order valence-electron chi connectivity index (χ3n) is 4.57. The lowest BCUT2D eigenvalue weighted by molar-refractivity contribution is -0.00811. The van der Waals surface area contributed by atoms with Gasteiger partial charge < -0.3 is 24.6 Å². The number of nitrogens with one attached hydrogen (secondary N) is 1. The molecule has 2 atom stereocenters. The Hall–Kier alpha value is -1.56. The third kappa shape index (κ3) is 8.29. The van der Waals surface area contributed by atoms with Crippen molar-refractivity contribution in [1.29, 1.82) is 0 Å². The molecule has 0 spiro atoms. The van der Waals surface area contributed by atoms with Crippen LogP contribution < -0.4 is 5.32 Å². The van der Waals surface area contributed by atoms with Crippen molar-refractivity contribution in [3.63, 3.8) is 0 Å². The quantitative estimate of drug-likeness (QED) is 0.354. The van der Waals surface area contributed by atoms with Crippen molar-refractivity contribution in [1.82, 2.24) is 24.9 Å². The lowest BCUT2D eigenvalue weighted by Crippen LogP contribution is -2.49. The van der Waals surface area contributed by atoms with Gasteiger partial charge in [0.15, 0.2) is 5.96 Å². The van der Waals surface area contributed by atoms with Gasteiger partial charge in [-0.3, -0.25) is 9.67 Å². The second kappa shape index (κ2) is 11.7. The Bertz CT molecular complexity index is 703. The van der Waals surface area contributed by atoms with Gasteiger partial charge in [0.05, 0.1) is 19.3 Å². The zero-order chi connectivity index (χ0) is 21.6. The van der Waals surface area contributed by atoms with Gasteiger partial charge in [-0.15, -0.1) is 24.0 Å². The molecule has 0 aromatic carbocycles. The predicted molar refractivity (Wildman–Crippen MR) is 128 cm³/mol. The molecule has 0 bridgehead atoms. The lowest BCUT2D eigenvalue weighted by Gasteiger charge is -2.35. The SMILES string of the molecule is CN=C(NCC(C)CN(C)C(=O)OC(C)(C)C)N1CCOC(c2cnn(C)c2)C1.I. The number of aromatic nitrogens is 2. The molecule has 0 aliphatic carbocycles. The van der Waals surface area contributed by atoms with Gasteiger partial charge >= 0.3 is 6.09 Å². The van der Waals surface area contributed by atoms with Crippen molar-refractivity contribution < 1.29 is 14.3 Å². The van der Waals surface area contributed by atoms with Gasteiger partial charge in [-0.1, -0.05) is 6.92 Å². The zero-order valence-electron chi connectivity index (χ0n) is 19.2. The van der Waals surface area contributed by atoms with Crippen molar-refractivity contribution in [2.24, 2.45) is 18.0 Å². The zero-order valence-corrected chi connectivity index (χ0v) is 21.5. The first kappa shape index (κ1) is 26.5. The number of rotatable bonds is 5. The van der Waals surface area contributed by atoms with E-state index >= 15 is 0 Å². The molecule has 0 saturated carbocycles. The van der Waals surface area contributed by atoms with Gasteiger partial charge in [-0.05, 0) is 26.7 Å². The molecular formula is C20H37IN6O3. The monoisotopic (exact) mass is 536 g/mol. The molecule has 0 radical (unpaired) electrons. The Morgan fingerprint density at radius 2 is 2.20 bits per heavy atom. The van der Waals surface area contributed by atoms with E-state index in [2.05, 4.69) is 27.2 Å². The lowest BCUT2D eigenvalue weighted by atomic mass is 10.1. The second-order valence-corrected chi connectivity index (χ2v) is 8.65. The largest absolute Gasteiger partial charge is 0.444 e. The number of aryl methyl sites for hydroxylation is 1. The maximum atomic E-state index is 12.1. The second-order valence-electron chi connectivity index (χ2n) is 8.65. The standard InChI is InChI=1S/C20H36N6O3.HI/c1-15(12-24(6)19(27)29-20(2,3)4)10-22-18(21-5)26-8-9-28-17(14-26)16-11-23-25(7)13-16;/h11,13,15,17H,8-10,12,14H2,1-7H3,(H,21,22);1H. The smallest absolute Gasteiger partial charge is 0.410 e. The molecule has 1 saturated heterocycles. The van der Waals surface area contributed by atoms with E-state index in [1.54, 1.807) is 23.7 Å². The van der Waals surface area contributed by atoms with E-state index in [4.69, 9.17) is 9.47 Å². The highest BCUT2D eigenvalue weighted by Gasteiger charge is 2.26. The predicted octanol–water partition coefficient (Wildman–Crippen LogP) is 2.49. The average Bonchev–Trinajstić information content (AvgIpc) is 3.07. The highest BCUT2D eigenvalue weighted by atomic mass is 127. The summed E-state index contributed by atoms with van der Waals surface area (Å²) in [6.07, 6.45) is 3.51. The summed E-state index contributed by atoms with van der Waals surface area (Å²) in [5.41, 5.74) is 0.579. The number of morpholine rings is 1. The fourth-order valence-corrected chi connectivity index (χ4v) is 3.19. The molecule has 172 valence electrons. The maximum absolute atomic E-state index is 12.1. The summed E-state index contributed by atoms with van der Waals surface area (Å²) in [5.74, 6) is 1.08. The molecule has 10 heteroatoms. The van der Waals surface area contributed by atoms with Gasteiger partial charge in [-0.25, -0.2) is 4.79 Å². The molecule has 1 N–H and O–H groups in total. The van der Waals surface area contributed by atoms with E-state index in [0.29, 0.717) is 19.7 Å². The summed E-state index contributed by atoms with van der Waals surface area (Å²) in [6.45, 7) is 11.1. The molecule has 2 heterocycles. The van der Waals surface area contributed by atoms with Crippen LogP contribution in [0, 0.1) is 5.92 Å². The molecule has 2 rings (SSSR count). The van der Waals surface area contributed by atoms with Gasteiger partial charge in [0, 0.05) is 52.5 Å². The maximum Gasteiger partial charge on any atom is 0.410 e. The van der Waals surface area contributed by atoms with Crippen molar-refractivity contribution in [2.75, 3.05) is 46.9 Å². The van der Waals surface area contributed by atoms with Crippen LogP contribution >= 0.6 is 24.0 Å². The van der Waals surface area contributed by atoms with Crippen LogP contribution in [0.5, 0.6) is 0 Å². The summed E-state index contributed by atoms with van der Waals surface area (Å²) in [4.78, 5) is 20.4. The molecule has 1 aliphatic heterocycles. The summed E-state index contributed by atoms with van der Waals surface area (Å²) >= 11 is 0. The number of carbonyl (C=O) groups is 1. The summed E-state index contributed by atoms with van der Waals surface area (Å²) < 4.78 is 13.1. The minimum absolute atomic E-state index is 0. The van der Waals surface area contributed by atoms with Crippen LogP contribution in [-0.4, -0.2) is 84.1 Å². The molecular weight excluding hydrogens is 499 g/mol. The van der Waals surface area contributed by atoms with E-state index in [-0.39, 0.29) is 42.1 Å². The van der Waals surface area contributed by atoms with Crippen molar-refractivity contribution >= 4 is 36.0 Å². The molecule has 1 amide bonds. The van der Waals surface area contributed by atoms with E-state index in [9.17, 15) is 4.79 Å². The Morgan fingerprint density at radius 3 is 2.77 bits per heavy atom. The summed E-state index contributed by atoms with van der Waals surface area (Å²) in [6, 6.07) is 0. The van der Waals surface area contributed by atoms with Gasteiger partial charge in [0.25, 0.3) is 0 Å². The number of guanidine groups is 1. The number of hydrogen-bond acceptors (Lipinski definition) is 5. The Balaban J connectivity index is 0.00000450. The average molecular weight is 536 g/mol. The minimum Gasteiger partial charge on any atom is -0.444 e.